The molecule has 1 rings (SSSR count). The fraction of sp³-hybridized carbons (Fsp3) is 0.333. The number of hydrogen-bond acceptors (Lipinski definition) is 1. The van der Waals surface area contributed by atoms with Gasteiger partial charge in [0.25, 0.3) is 0 Å². The van der Waals surface area contributed by atoms with Crippen LogP contribution in [0.5, 0.6) is 5.75 Å². The van der Waals surface area contributed by atoms with Crippen molar-refractivity contribution in [3.63, 3.8) is 0 Å². The van der Waals surface area contributed by atoms with Gasteiger partial charge in [0.2, 0.25) is 0 Å². The monoisotopic (exact) mass is 176 g/mol. The molecule has 0 fully saturated rings. The fourth-order valence-electron chi connectivity index (χ4n) is 1.37. The Kier molecular flexibility index (Phi) is 2.76. The Balaban J connectivity index is 3.26. The van der Waals surface area contributed by atoms with E-state index in [0.717, 1.165) is 16.7 Å². The van der Waals surface area contributed by atoms with Crippen molar-refractivity contribution in [2.24, 2.45) is 0 Å². The number of rotatable bonds is 2. The van der Waals surface area contributed by atoms with E-state index >= 15 is 0 Å². The lowest BCUT2D eigenvalue weighted by Gasteiger charge is -2.11. The van der Waals surface area contributed by atoms with Gasteiger partial charge < -0.3 is 5.11 Å². The largest absolute Gasteiger partial charge is 0.507 e. The van der Waals surface area contributed by atoms with Crippen LogP contribution in [-0.2, 0) is 0 Å². The standard InChI is InChI=1S/C12H16O/c1-8(2)10-6-5-7-11(9(3)4)12(10)13/h5-7,9,13H,1H2,2-4H3. The number of aromatic hydroxyl groups is 1. The summed E-state index contributed by atoms with van der Waals surface area (Å²) in [5.41, 5.74) is 2.74. The van der Waals surface area contributed by atoms with Gasteiger partial charge in [0.1, 0.15) is 5.75 Å². The van der Waals surface area contributed by atoms with Crippen molar-refractivity contribution >= 4 is 5.57 Å². The Bertz CT molecular complexity index is 324. The van der Waals surface area contributed by atoms with Gasteiger partial charge in [-0.2, -0.15) is 0 Å². The third-order valence-corrected chi connectivity index (χ3v) is 2.15. The molecule has 0 atom stereocenters. The Morgan fingerprint density at radius 1 is 1.38 bits per heavy atom. The van der Waals surface area contributed by atoms with E-state index in [-0.39, 0.29) is 0 Å². The number of phenolic OH excluding ortho intramolecular Hbond substituents is 1. The summed E-state index contributed by atoms with van der Waals surface area (Å²) in [7, 11) is 0. The van der Waals surface area contributed by atoms with Gasteiger partial charge in [-0.25, -0.2) is 0 Å². The molecule has 0 aliphatic carbocycles. The van der Waals surface area contributed by atoms with Crippen molar-refractivity contribution in [2.75, 3.05) is 0 Å². The third kappa shape index (κ3) is 1.92. The molecule has 1 aromatic carbocycles. The first-order valence-corrected chi connectivity index (χ1v) is 4.51. The molecule has 0 unspecified atom stereocenters. The van der Waals surface area contributed by atoms with E-state index in [9.17, 15) is 5.11 Å². The minimum absolute atomic E-state index is 0.347. The van der Waals surface area contributed by atoms with Crippen LogP contribution in [0.15, 0.2) is 24.8 Å². The molecule has 70 valence electrons. The smallest absolute Gasteiger partial charge is 0.126 e. The maximum atomic E-state index is 9.87. The van der Waals surface area contributed by atoms with E-state index in [1.54, 1.807) is 0 Å². The second-order valence-electron chi connectivity index (χ2n) is 3.68. The van der Waals surface area contributed by atoms with Gasteiger partial charge in [-0.05, 0) is 24.0 Å². The van der Waals surface area contributed by atoms with Crippen LogP contribution in [0.1, 0.15) is 37.8 Å². The molecular weight excluding hydrogens is 160 g/mol. The average molecular weight is 176 g/mol. The Hall–Kier alpha value is -1.24. The van der Waals surface area contributed by atoms with Crippen molar-refractivity contribution in [2.45, 2.75) is 26.7 Å². The lowest BCUT2D eigenvalue weighted by molar-refractivity contribution is 0.463. The first-order chi connectivity index (χ1) is 6.04. The molecular formula is C12H16O. The van der Waals surface area contributed by atoms with E-state index in [4.69, 9.17) is 0 Å². The summed E-state index contributed by atoms with van der Waals surface area (Å²) >= 11 is 0. The van der Waals surface area contributed by atoms with Crippen LogP contribution in [0.25, 0.3) is 5.57 Å². The van der Waals surface area contributed by atoms with Gasteiger partial charge in [0.05, 0.1) is 0 Å². The molecule has 0 spiro atoms. The highest BCUT2D eigenvalue weighted by atomic mass is 16.3. The molecule has 1 heteroatoms. The molecule has 0 bridgehead atoms. The number of para-hydroxylation sites is 1. The SMILES string of the molecule is C=C(C)c1cccc(C(C)C)c1O. The average Bonchev–Trinajstić information content (AvgIpc) is 2.03. The summed E-state index contributed by atoms with van der Waals surface area (Å²) in [6.07, 6.45) is 0. The molecule has 0 aliphatic rings. The van der Waals surface area contributed by atoms with E-state index in [1.165, 1.54) is 0 Å². The lowest BCUT2D eigenvalue weighted by atomic mass is 9.97. The molecule has 0 aliphatic heterocycles. The van der Waals surface area contributed by atoms with Gasteiger partial charge >= 0.3 is 0 Å². The van der Waals surface area contributed by atoms with Gasteiger partial charge in [-0.1, -0.05) is 38.6 Å². The van der Waals surface area contributed by atoms with Crippen molar-refractivity contribution in [3.05, 3.63) is 35.9 Å². The van der Waals surface area contributed by atoms with Crippen LogP contribution in [-0.4, -0.2) is 5.11 Å². The topological polar surface area (TPSA) is 20.2 Å². The third-order valence-electron chi connectivity index (χ3n) is 2.15. The number of hydrogen-bond donors (Lipinski definition) is 1. The van der Waals surface area contributed by atoms with Crippen LogP contribution in [0, 0.1) is 0 Å². The number of benzene rings is 1. The fourth-order valence-corrected chi connectivity index (χ4v) is 1.37. The quantitative estimate of drug-likeness (QED) is 0.730. The highest BCUT2D eigenvalue weighted by Crippen LogP contribution is 2.31. The Labute approximate surface area is 79.7 Å². The predicted octanol–water partition coefficient (Wildman–Crippen LogP) is 3.55. The molecule has 0 amide bonds. The minimum Gasteiger partial charge on any atom is -0.507 e. The zero-order valence-corrected chi connectivity index (χ0v) is 8.46. The van der Waals surface area contributed by atoms with E-state index in [0.29, 0.717) is 11.7 Å². The summed E-state index contributed by atoms with van der Waals surface area (Å²) in [6.45, 7) is 9.86. The highest BCUT2D eigenvalue weighted by Gasteiger charge is 2.09. The summed E-state index contributed by atoms with van der Waals surface area (Å²) < 4.78 is 0. The molecule has 0 saturated heterocycles. The summed E-state index contributed by atoms with van der Waals surface area (Å²) in [4.78, 5) is 0. The molecule has 1 aromatic rings. The van der Waals surface area contributed by atoms with E-state index < -0.39 is 0 Å². The van der Waals surface area contributed by atoms with Crippen LogP contribution >= 0.6 is 0 Å². The van der Waals surface area contributed by atoms with E-state index in [2.05, 4.69) is 20.4 Å². The van der Waals surface area contributed by atoms with Crippen LogP contribution < -0.4 is 0 Å². The van der Waals surface area contributed by atoms with Crippen molar-refractivity contribution < 1.29 is 5.11 Å². The van der Waals surface area contributed by atoms with Crippen LogP contribution in [0.4, 0.5) is 0 Å². The number of allylic oxidation sites excluding steroid dienone is 1. The Morgan fingerprint density at radius 2 is 2.00 bits per heavy atom. The molecule has 1 nitrogen and oxygen atoms in total. The predicted molar refractivity (Wildman–Crippen MR) is 56.9 cm³/mol. The minimum atomic E-state index is 0.347. The summed E-state index contributed by atoms with van der Waals surface area (Å²) in [6, 6.07) is 5.80. The maximum absolute atomic E-state index is 9.87. The lowest BCUT2D eigenvalue weighted by Crippen LogP contribution is -1.90. The molecule has 0 aromatic heterocycles. The summed E-state index contributed by atoms with van der Waals surface area (Å²) in [5.74, 6) is 0.726. The molecule has 0 heterocycles. The molecule has 13 heavy (non-hydrogen) atoms. The Morgan fingerprint density at radius 3 is 2.46 bits per heavy atom. The van der Waals surface area contributed by atoms with Crippen molar-refractivity contribution in [1.29, 1.82) is 0 Å². The first-order valence-electron chi connectivity index (χ1n) is 4.51. The zero-order valence-electron chi connectivity index (χ0n) is 8.46. The zero-order chi connectivity index (χ0) is 10.0. The normalized spacial score (nSPS) is 10.5. The second kappa shape index (κ2) is 3.65. The second-order valence-corrected chi connectivity index (χ2v) is 3.68. The van der Waals surface area contributed by atoms with Gasteiger partial charge in [0, 0.05) is 5.56 Å². The first kappa shape index (κ1) is 9.85. The molecule has 1 N–H and O–H groups in total. The van der Waals surface area contributed by atoms with Crippen molar-refractivity contribution in [1.82, 2.24) is 0 Å². The van der Waals surface area contributed by atoms with Crippen molar-refractivity contribution in [3.8, 4) is 5.75 Å². The highest BCUT2D eigenvalue weighted by molar-refractivity contribution is 5.68. The summed E-state index contributed by atoms with van der Waals surface area (Å²) in [5, 5.41) is 9.87. The van der Waals surface area contributed by atoms with Gasteiger partial charge in [-0.3, -0.25) is 0 Å². The van der Waals surface area contributed by atoms with Gasteiger partial charge in [-0.15, -0.1) is 0 Å². The maximum Gasteiger partial charge on any atom is 0.126 e. The van der Waals surface area contributed by atoms with Crippen LogP contribution in [0.3, 0.4) is 0 Å². The van der Waals surface area contributed by atoms with Gasteiger partial charge in [0.15, 0.2) is 0 Å². The van der Waals surface area contributed by atoms with E-state index in [1.807, 2.05) is 25.1 Å². The number of phenols is 1. The molecule has 0 radical (unpaired) electrons. The van der Waals surface area contributed by atoms with Crippen LogP contribution in [0.2, 0.25) is 0 Å². The molecule has 0 saturated carbocycles.